The SMILES string of the molecule is CC/C=C/C=C\CCCCC[C@H](C)OC(C)=O. The number of esters is 1. The van der Waals surface area contributed by atoms with Crippen molar-refractivity contribution in [3.63, 3.8) is 0 Å². The summed E-state index contributed by atoms with van der Waals surface area (Å²) in [6, 6.07) is 0. The van der Waals surface area contributed by atoms with Crippen LogP contribution in [0.3, 0.4) is 0 Å². The summed E-state index contributed by atoms with van der Waals surface area (Å²) in [5.74, 6) is -0.178. The highest BCUT2D eigenvalue weighted by atomic mass is 16.5. The van der Waals surface area contributed by atoms with Crippen LogP contribution in [0.5, 0.6) is 0 Å². The molecule has 98 valence electrons. The molecule has 1 atom stereocenters. The third kappa shape index (κ3) is 12.9. The van der Waals surface area contributed by atoms with Gasteiger partial charge in [0.15, 0.2) is 0 Å². The highest BCUT2D eigenvalue weighted by Crippen LogP contribution is 2.08. The van der Waals surface area contributed by atoms with Gasteiger partial charge in [0.05, 0.1) is 6.10 Å². The van der Waals surface area contributed by atoms with Gasteiger partial charge in [-0.3, -0.25) is 4.79 Å². The molecule has 0 saturated heterocycles. The summed E-state index contributed by atoms with van der Waals surface area (Å²) in [4.78, 5) is 10.7. The van der Waals surface area contributed by atoms with Crippen LogP contribution in [-0.2, 0) is 9.53 Å². The second-order valence-corrected chi connectivity index (χ2v) is 4.32. The number of hydrogen-bond acceptors (Lipinski definition) is 2. The molecular formula is C15H26O2. The molecule has 0 aromatic heterocycles. The maximum Gasteiger partial charge on any atom is 0.302 e. The molecule has 17 heavy (non-hydrogen) atoms. The zero-order chi connectivity index (χ0) is 12.9. The molecule has 0 aliphatic carbocycles. The number of carbonyl (C=O) groups excluding carboxylic acids is 1. The molecule has 0 aromatic carbocycles. The maximum atomic E-state index is 10.7. The lowest BCUT2D eigenvalue weighted by Gasteiger charge is -2.10. The van der Waals surface area contributed by atoms with Gasteiger partial charge in [0, 0.05) is 6.92 Å². The molecule has 0 aliphatic heterocycles. The van der Waals surface area contributed by atoms with Gasteiger partial charge >= 0.3 is 5.97 Å². The van der Waals surface area contributed by atoms with Gasteiger partial charge in [0.25, 0.3) is 0 Å². The Morgan fingerprint density at radius 1 is 1.18 bits per heavy atom. The fourth-order valence-corrected chi connectivity index (χ4v) is 1.60. The second-order valence-electron chi connectivity index (χ2n) is 4.32. The summed E-state index contributed by atoms with van der Waals surface area (Å²) in [6.45, 7) is 5.55. The Morgan fingerprint density at radius 2 is 1.88 bits per heavy atom. The predicted octanol–water partition coefficient (Wildman–Crippen LogP) is 4.41. The van der Waals surface area contributed by atoms with E-state index in [0.717, 1.165) is 25.7 Å². The van der Waals surface area contributed by atoms with Crippen molar-refractivity contribution in [2.75, 3.05) is 0 Å². The van der Waals surface area contributed by atoms with Crippen LogP contribution < -0.4 is 0 Å². The van der Waals surface area contributed by atoms with Crippen LogP contribution in [0.25, 0.3) is 0 Å². The summed E-state index contributed by atoms with van der Waals surface area (Å²) < 4.78 is 5.06. The topological polar surface area (TPSA) is 26.3 Å². The lowest BCUT2D eigenvalue weighted by atomic mass is 10.1. The standard InChI is InChI=1S/C15H26O2/c1-4-5-6-7-8-9-10-11-12-13-14(2)17-15(3)16/h5-8,14H,4,9-13H2,1-3H3/b6-5+,8-7-/t14-/m0/s1. The fourth-order valence-electron chi connectivity index (χ4n) is 1.60. The average Bonchev–Trinajstić information content (AvgIpc) is 2.26. The summed E-state index contributed by atoms with van der Waals surface area (Å²) in [7, 11) is 0. The summed E-state index contributed by atoms with van der Waals surface area (Å²) >= 11 is 0. The lowest BCUT2D eigenvalue weighted by molar-refractivity contribution is -0.145. The van der Waals surface area contributed by atoms with E-state index >= 15 is 0 Å². The maximum absolute atomic E-state index is 10.7. The van der Waals surface area contributed by atoms with Crippen molar-refractivity contribution in [3.8, 4) is 0 Å². The van der Waals surface area contributed by atoms with Gasteiger partial charge in [0.1, 0.15) is 0 Å². The van der Waals surface area contributed by atoms with Gasteiger partial charge in [-0.25, -0.2) is 0 Å². The first kappa shape index (κ1) is 16.0. The van der Waals surface area contributed by atoms with E-state index < -0.39 is 0 Å². The fraction of sp³-hybridized carbons (Fsp3) is 0.667. The minimum Gasteiger partial charge on any atom is -0.463 e. The van der Waals surface area contributed by atoms with Gasteiger partial charge in [-0.2, -0.15) is 0 Å². The third-order valence-electron chi connectivity index (χ3n) is 2.47. The average molecular weight is 238 g/mol. The number of allylic oxidation sites excluding steroid dienone is 4. The van der Waals surface area contributed by atoms with E-state index in [4.69, 9.17) is 4.74 Å². The molecule has 2 nitrogen and oxygen atoms in total. The summed E-state index contributed by atoms with van der Waals surface area (Å²) in [5, 5.41) is 0. The van der Waals surface area contributed by atoms with Gasteiger partial charge in [-0.05, 0) is 39.0 Å². The quantitative estimate of drug-likeness (QED) is 0.338. The Morgan fingerprint density at radius 3 is 2.53 bits per heavy atom. The molecule has 0 N–H and O–H groups in total. The van der Waals surface area contributed by atoms with Gasteiger partial charge < -0.3 is 4.74 Å². The molecule has 0 radical (unpaired) electrons. The smallest absolute Gasteiger partial charge is 0.302 e. The van der Waals surface area contributed by atoms with Crippen LogP contribution in [0, 0.1) is 0 Å². The van der Waals surface area contributed by atoms with E-state index in [0.29, 0.717) is 0 Å². The molecule has 0 fully saturated rings. The van der Waals surface area contributed by atoms with Crippen molar-refractivity contribution < 1.29 is 9.53 Å². The Hall–Kier alpha value is -1.05. The Bertz CT molecular complexity index is 241. The van der Waals surface area contributed by atoms with Crippen molar-refractivity contribution in [3.05, 3.63) is 24.3 Å². The van der Waals surface area contributed by atoms with E-state index in [1.165, 1.54) is 19.8 Å². The second kappa shape index (κ2) is 11.4. The van der Waals surface area contributed by atoms with Gasteiger partial charge in [0.2, 0.25) is 0 Å². The largest absolute Gasteiger partial charge is 0.463 e. The summed E-state index contributed by atoms with van der Waals surface area (Å²) in [5.41, 5.74) is 0. The first-order valence-corrected chi connectivity index (χ1v) is 6.65. The molecule has 0 heterocycles. The molecule has 0 aromatic rings. The number of rotatable bonds is 9. The lowest BCUT2D eigenvalue weighted by Crippen LogP contribution is -2.11. The molecule has 0 rings (SSSR count). The summed E-state index contributed by atoms with van der Waals surface area (Å²) in [6.07, 6.45) is 15.4. The van der Waals surface area contributed by atoms with Crippen molar-refractivity contribution in [2.45, 2.75) is 65.4 Å². The molecule has 0 amide bonds. The van der Waals surface area contributed by atoms with Crippen LogP contribution >= 0.6 is 0 Å². The van der Waals surface area contributed by atoms with E-state index in [9.17, 15) is 4.79 Å². The van der Waals surface area contributed by atoms with Crippen LogP contribution in [0.1, 0.15) is 59.3 Å². The van der Waals surface area contributed by atoms with Crippen molar-refractivity contribution in [1.82, 2.24) is 0 Å². The molecule has 0 spiro atoms. The number of hydrogen-bond donors (Lipinski definition) is 0. The Labute approximate surface area is 106 Å². The first-order chi connectivity index (χ1) is 8.16. The zero-order valence-corrected chi connectivity index (χ0v) is 11.4. The number of ether oxygens (including phenoxy) is 1. The zero-order valence-electron chi connectivity index (χ0n) is 11.4. The number of carbonyl (C=O) groups is 1. The van der Waals surface area contributed by atoms with Crippen molar-refractivity contribution in [2.24, 2.45) is 0 Å². The van der Waals surface area contributed by atoms with E-state index in [2.05, 4.69) is 31.2 Å². The minimum absolute atomic E-state index is 0.0653. The van der Waals surface area contributed by atoms with Crippen LogP contribution in [0.15, 0.2) is 24.3 Å². The Kier molecular flexibility index (Phi) is 10.7. The monoisotopic (exact) mass is 238 g/mol. The molecular weight excluding hydrogens is 212 g/mol. The Balaban J connectivity index is 3.31. The van der Waals surface area contributed by atoms with Crippen molar-refractivity contribution >= 4 is 5.97 Å². The van der Waals surface area contributed by atoms with Gasteiger partial charge in [-0.1, -0.05) is 37.6 Å². The highest BCUT2D eigenvalue weighted by molar-refractivity contribution is 5.66. The molecule has 0 aliphatic rings. The minimum atomic E-state index is -0.178. The van der Waals surface area contributed by atoms with E-state index in [1.807, 2.05) is 6.92 Å². The van der Waals surface area contributed by atoms with E-state index in [-0.39, 0.29) is 12.1 Å². The highest BCUT2D eigenvalue weighted by Gasteiger charge is 2.03. The van der Waals surface area contributed by atoms with E-state index in [1.54, 1.807) is 0 Å². The van der Waals surface area contributed by atoms with Crippen LogP contribution in [-0.4, -0.2) is 12.1 Å². The van der Waals surface area contributed by atoms with Crippen molar-refractivity contribution in [1.29, 1.82) is 0 Å². The van der Waals surface area contributed by atoms with Crippen LogP contribution in [0.2, 0.25) is 0 Å². The van der Waals surface area contributed by atoms with Gasteiger partial charge in [-0.15, -0.1) is 0 Å². The molecule has 0 bridgehead atoms. The normalized spacial score (nSPS) is 13.4. The molecule has 0 saturated carbocycles. The first-order valence-electron chi connectivity index (χ1n) is 6.65. The predicted molar refractivity (Wildman–Crippen MR) is 72.9 cm³/mol. The molecule has 0 unspecified atom stereocenters. The molecule has 2 heteroatoms. The third-order valence-corrected chi connectivity index (χ3v) is 2.47. The van der Waals surface area contributed by atoms with Crippen LogP contribution in [0.4, 0.5) is 0 Å². The number of unbranched alkanes of at least 4 members (excludes halogenated alkanes) is 3.